The Bertz CT molecular complexity index is 1090. The standard InChI is InChI=1S/C28H34N2O4/c1-7-32-26(31)28(5,6)33-23-16-14-22(15-17-23)29-19-21-13-18-24(20-11-9-8-10-12-20)30-25(21)34-27(2,3)4/h8-18,29H,7,19H2,1-6H3. The van der Waals surface area contributed by atoms with Gasteiger partial charge >= 0.3 is 5.97 Å². The third kappa shape index (κ3) is 6.98. The number of ether oxygens (including phenoxy) is 3. The van der Waals surface area contributed by atoms with Crippen molar-refractivity contribution >= 4 is 11.7 Å². The highest BCUT2D eigenvalue weighted by Crippen LogP contribution is 2.27. The Labute approximate surface area is 202 Å². The predicted molar refractivity (Wildman–Crippen MR) is 135 cm³/mol. The van der Waals surface area contributed by atoms with Crippen LogP contribution >= 0.6 is 0 Å². The summed E-state index contributed by atoms with van der Waals surface area (Å²) in [5, 5.41) is 3.41. The summed E-state index contributed by atoms with van der Waals surface area (Å²) in [4.78, 5) is 16.9. The molecule has 180 valence electrons. The fourth-order valence-corrected chi connectivity index (χ4v) is 3.23. The zero-order valence-corrected chi connectivity index (χ0v) is 20.8. The van der Waals surface area contributed by atoms with Crippen molar-refractivity contribution in [2.75, 3.05) is 11.9 Å². The first kappa shape index (κ1) is 25.1. The molecule has 3 rings (SSSR count). The quantitative estimate of drug-likeness (QED) is 0.379. The summed E-state index contributed by atoms with van der Waals surface area (Å²) in [7, 11) is 0. The average Bonchev–Trinajstić information content (AvgIpc) is 2.78. The first-order valence-corrected chi connectivity index (χ1v) is 11.5. The summed E-state index contributed by atoms with van der Waals surface area (Å²) in [6.07, 6.45) is 0. The van der Waals surface area contributed by atoms with E-state index in [-0.39, 0.29) is 5.60 Å². The minimum Gasteiger partial charge on any atom is -0.476 e. The van der Waals surface area contributed by atoms with Crippen molar-refractivity contribution in [2.24, 2.45) is 0 Å². The molecule has 0 saturated carbocycles. The number of carbonyl (C=O) groups is 1. The maximum absolute atomic E-state index is 12.1. The monoisotopic (exact) mass is 462 g/mol. The van der Waals surface area contributed by atoms with E-state index in [4.69, 9.17) is 19.2 Å². The molecule has 1 aromatic heterocycles. The van der Waals surface area contributed by atoms with Crippen LogP contribution in [0, 0.1) is 0 Å². The summed E-state index contributed by atoms with van der Waals surface area (Å²) >= 11 is 0. The van der Waals surface area contributed by atoms with E-state index in [0.717, 1.165) is 22.5 Å². The largest absolute Gasteiger partial charge is 0.476 e. The number of nitrogens with zero attached hydrogens (tertiary/aromatic N) is 1. The van der Waals surface area contributed by atoms with E-state index < -0.39 is 11.6 Å². The van der Waals surface area contributed by atoms with Crippen molar-refractivity contribution in [1.29, 1.82) is 0 Å². The molecule has 0 radical (unpaired) electrons. The van der Waals surface area contributed by atoms with E-state index in [9.17, 15) is 4.79 Å². The van der Waals surface area contributed by atoms with Gasteiger partial charge in [-0.1, -0.05) is 30.3 Å². The van der Waals surface area contributed by atoms with E-state index in [1.165, 1.54) is 0 Å². The lowest BCUT2D eigenvalue weighted by atomic mass is 10.1. The van der Waals surface area contributed by atoms with Gasteiger partial charge in [0.1, 0.15) is 11.4 Å². The zero-order chi connectivity index (χ0) is 24.8. The molecular formula is C28H34N2O4. The molecule has 0 aliphatic carbocycles. The fourth-order valence-electron chi connectivity index (χ4n) is 3.23. The molecule has 0 saturated heterocycles. The summed E-state index contributed by atoms with van der Waals surface area (Å²) in [6, 6.07) is 21.6. The number of hydrogen-bond donors (Lipinski definition) is 1. The van der Waals surface area contributed by atoms with E-state index in [1.807, 2.05) is 87.5 Å². The zero-order valence-electron chi connectivity index (χ0n) is 20.8. The number of rotatable bonds is 9. The smallest absolute Gasteiger partial charge is 0.349 e. The van der Waals surface area contributed by atoms with Crippen LogP contribution in [0.15, 0.2) is 66.7 Å². The van der Waals surface area contributed by atoms with Gasteiger partial charge in [0.2, 0.25) is 5.88 Å². The highest BCUT2D eigenvalue weighted by molar-refractivity contribution is 5.79. The Morgan fingerprint density at radius 3 is 2.18 bits per heavy atom. The lowest BCUT2D eigenvalue weighted by Crippen LogP contribution is -2.39. The molecule has 0 fully saturated rings. The van der Waals surface area contributed by atoms with Crippen molar-refractivity contribution in [2.45, 2.75) is 59.3 Å². The number of esters is 1. The van der Waals surface area contributed by atoms with Gasteiger partial charge in [-0.2, -0.15) is 0 Å². The summed E-state index contributed by atoms with van der Waals surface area (Å²) in [5.41, 5.74) is 2.35. The Hall–Kier alpha value is -3.54. The highest BCUT2D eigenvalue weighted by atomic mass is 16.6. The van der Waals surface area contributed by atoms with Crippen molar-refractivity contribution in [3.63, 3.8) is 0 Å². The van der Waals surface area contributed by atoms with Crippen LogP contribution in [0.25, 0.3) is 11.3 Å². The molecular weight excluding hydrogens is 428 g/mol. The molecule has 0 spiro atoms. The molecule has 0 bridgehead atoms. The molecule has 0 aliphatic heterocycles. The SMILES string of the molecule is CCOC(=O)C(C)(C)Oc1ccc(NCc2ccc(-c3ccccc3)nc2OC(C)(C)C)cc1. The highest BCUT2D eigenvalue weighted by Gasteiger charge is 2.31. The molecule has 0 amide bonds. The third-order valence-electron chi connectivity index (χ3n) is 4.89. The van der Waals surface area contributed by atoms with Gasteiger partial charge in [0.05, 0.1) is 12.3 Å². The molecule has 6 nitrogen and oxygen atoms in total. The molecule has 1 heterocycles. The Morgan fingerprint density at radius 2 is 1.56 bits per heavy atom. The molecule has 3 aromatic rings. The van der Waals surface area contributed by atoms with Crippen molar-refractivity contribution in [1.82, 2.24) is 4.98 Å². The number of nitrogens with one attached hydrogen (secondary N) is 1. The minimum absolute atomic E-state index is 0.316. The van der Waals surface area contributed by atoms with E-state index in [2.05, 4.69) is 5.32 Å². The van der Waals surface area contributed by atoms with Crippen molar-refractivity contribution < 1.29 is 19.0 Å². The molecule has 1 N–H and O–H groups in total. The van der Waals surface area contributed by atoms with Gasteiger partial charge < -0.3 is 19.5 Å². The van der Waals surface area contributed by atoms with Gasteiger partial charge in [-0.25, -0.2) is 9.78 Å². The van der Waals surface area contributed by atoms with Crippen molar-refractivity contribution in [3.8, 4) is 22.9 Å². The van der Waals surface area contributed by atoms with Gasteiger partial charge in [-0.05, 0) is 77.9 Å². The minimum atomic E-state index is -1.06. The van der Waals surface area contributed by atoms with Crippen LogP contribution in [-0.2, 0) is 16.1 Å². The molecule has 0 atom stereocenters. The van der Waals surface area contributed by atoms with Gasteiger partial charge in [-0.15, -0.1) is 0 Å². The van der Waals surface area contributed by atoms with E-state index in [1.54, 1.807) is 20.8 Å². The number of hydrogen-bond acceptors (Lipinski definition) is 6. The van der Waals surface area contributed by atoms with Crippen LogP contribution in [0.4, 0.5) is 5.69 Å². The van der Waals surface area contributed by atoms with Gasteiger partial charge in [0.25, 0.3) is 0 Å². The van der Waals surface area contributed by atoms with Crippen LogP contribution in [0.2, 0.25) is 0 Å². The number of benzene rings is 2. The first-order valence-electron chi connectivity index (χ1n) is 11.5. The van der Waals surface area contributed by atoms with Crippen LogP contribution in [-0.4, -0.2) is 28.8 Å². The normalized spacial score (nSPS) is 11.6. The van der Waals surface area contributed by atoms with Crippen LogP contribution in [0.3, 0.4) is 0 Å². The molecule has 0 aliphatic rings. The van der Waals surface area contributed by atoms with E-state index in [0.29, 0.717) is 24.8 Å². The van der Waals surface area contributed by atoms with Crippen molar-refractivity contribution in [3.05, 3.63) is 72.3 Å². The second kappa shape index (κ2) is 10.6. The van der Waals surface area contributed by atoms with Gasteiger partial charge in [0, 0.05) is 23.4 Å². The molecule has 2 aromatic carbocycles. The Balaban J connectivity index is 1.72. The lowest BCUT2D eigenvalue weighted by molar-refractivity contribution is -0.158. The number of pyridine rings is 1. The second-order valence-corrected chi connectivity index (χ2v) is 9.45. The Morgan fingerprint density at radius 1 is 0.882 bits per heavy atom. The number of anilines is 1. The maximum atomic E-state index is 12.1. The van der Waals surface area contributed by atoms with Gasteiger partial charge in [0.15, 0.2) is 5.60 Å². The summed E-state index contributed by atoms with van der Waals surface area (Å²) in [6.45, 7) is 12.1. The second-order valence-electron chi connectivity index (χ2n) is 9.45. The Kier molecular flexibility index (Phi) is 7.82. The number of carbonyl (C=O) groups excluding carboxylic acids is 1. The molecule has 0 unspecified atom stereocenters. The average molecular weight is 463 g/mol. The predicted octanol–water partition coefficient (Wildman–Crippen LogP) is 6.26. The first-order chi connectivity index (χ1) is 16.1. The summed E-state index contributed by atoms with van der Waals surface area (Å²) < 4.78 is 17.1. The van der Waals surface area contributed by atoms with Crippen LogP contribution in [0.5, 0.6) is 11.6 Å². The summed E-state index contributed by atoms with van der Waals surface area (Å²) in [5.74, 6) is 0.807. The molecule has 6 heteroatoms. The van der Waals surface area contributed by atoms with Crippen LogP contribution in [0.1, 0.15) is 47.1 Å². The van der Waals surface area contributed by atoms with Gasteiger partial charge in [-0.3, -0.25) is 0 Å². The topological polar surface area (TPSA) is 69.7 Å². The maximum Gasteiger partial charge on any atom is 0.349 e. The third-order valence-corrected chi connectivity index (χ3v) is 4.89. The van der Waals surface area contributed by atoms with E-state index >= 15 is 0 Å². The fraction of sp³-hybridized carbons (Fsp3) is 0.357. The number of aromatic nitrogens is 1. The lowest BCUT2D eigenvalue weighted by Gasteiger charge is -2.24. The molecule has 34 heavy (non-hydrogen) atoms. The van der Waals surface area contributed by atoms with Crippen LogP contribution < -0.4 is 14.8 Å².